The Morgan fingerprint density at radius 1 is 0.660 bits per heavy atom. The van der Waals surface area contributed by atoms with Gasteiger partial charge in [0.05, 0.1) is 18.8 Å². The molecule has 1 N–H and O–H groups in total. The number of alkyl halides is 7. The summed E-state index contributed by atoms with van der Waals surface area (Å²) >= 11 is 3.18. The van der Waals surface area contributed by atoms with Crippen LogP contribution in [0, 0.1) is 0 Å². The number of aliphatic hydroxyl groups excluding tert-OH is 1. The predicted octanol–water partition coefficient (Wildman–Crippen LogP) is 9.36. The number of benzene rings is 2. The molecule has 300 valence electrons. The van der Waals surface area contributed by atoms with Crippen LogP contribution in [0.5, 0.6) is 11.5 Å². The van der Waals surface area contributed by atoms with Crippen LogP contribution < -0.4 is 9.47 Å². The van der Waals surface area contributed by atoms with Gasteiger partial charge in [-0.1, -0.05) is 40.2 Å². The fraction of sp³-hybridized carbons (Fsp3) is 0.611. The van der Waals surface area contributed by atoms with Crippen LogP contribution in [0.4, 0.5) is 35.9 Å². The van der Waals surface area contributed by atoms with E-state index in [0.29, 0.717) is 63.8 Å². The van der Waals surface area contributed by atoms with E-state index in [9.17, 15) is 41.0 Å². The number of piperidine rings is 2. The zero-order valence-corrected chi connectivity index (χ0v) is 32.3. The highest BCUT2D eigenvalue weighted by atomic mass is 79.9. The molecule has 0 aromatic heterocycles. The number of halogens is 7. The zero-order valence-electron chi connectivity index (χ0n) is 30.7. The van der Waals surface area contributed by atoms with E-state index in [1.54, 1.807) is 21.9 Å². The van der Waals surface area contributed by atoms with Crippen molar-refractivity contribution in [2.45, 2.75) is 115 Å². The van der Waals surface area contributed by atoms with Crippen LogP contribution in [0.25, 0.3) is 0 Å². The molecular weight excluding hydrogens is 782 g/mol. The number of hydrogen-bond acceptors (Lipinski definition) is 8. The lowest BCUT2D eigenvalue weighted by atomic mass is 10.1. The molecule has 0 spiro atoms. The molecule has 2 saturated heterocycles. The van der Waals surface area contributed by atoms with Crippen molar-refractivity contribution in [1.29, 1.82) is 0 Å². The van der Waals surface area contributed by atoms with Gasteiger partial charge in [-0.3, -0.25) is 0 Å². The maximum atomic E-state index is 12.1. The molecule has 10 nitrogen and oxygen atoms in total. The predicted molar refractivity (Wildman–Crippen MR) is 188 cm³/mol. The lowest BCUT2D eigenvalue weighted by molar-refractivity contribution is -0.275. The maximum Gasteiger partial charge on any atom is 0.573 e. The molecule has 2 aromatic carbocycles. The minimum Gasteiger partial charge on any atom is -0.444 e. The molecule has 0 unspecified atom stereocenters. The van der Waals surface area contributed by atoms with Crippen LogP contribution in [-0.2, 0) is 26.1 Å². The first kappa shape index (κ1) is 45.7. The van der Waals surface area contributed by atoms with Crippen molar-refractivity contribution in [3.63, 3.8) is 0 Å². The lowest BCUT2D eigenvalue weighted by Crippen LogP contribution is -2.43. The molecule has 2 heterocycles. The summed E-state index contributed by atoms with van der Waals surface area (Å²) in [5.41, 5.74) is 0.697. The van der Waals surface area contributed by atoms with Gasteiger partial charge in [0.25, 0.3) is 0 Å². The lowest BCUT2D eigenvalue weighted by Gasteiger charge is -2.33. The monoisotopic (exact) mass is 830 g/mol. The normalized spacial score (nSPS) is 16.0. The van der Waals surface area contributed by atoms with Crippen molar-refractivity contribution < 1.29 is 64.7 Å². The summed E-state index contributed by atoms with van der Waals surface area (Å²) in [4.78, 5) is 26.9. The fourth-order valence-electron chi connectivity index (χ4n) is 4.69. The SMILES string of the molecule is CC(C)(C)OC(=O)N1CCC(O)CC1.CC(C)(C)OC(=O)N1CCC(OCc2ccc(OC(F)(F)F)cc2)CC1.FC(F)(F)Oc1ccc(CBr)cc1. The Balaban J connectivity index is 0.000000303. The van der Waals surface area contributed by atoms with Gasteiger partial charge in [0.1, 0.15) is 22.7 Å². The molecule has 2 aliphatic heterocycles. The molecule has 2 aromatic rings. The smallest absolute Gasteiger partial charge is 0.444 e. The highest BCUT2D eigenvalue weighted by Crippen LogP contribution is 2.25. The molecule has 2 amide bonds. The van der Waals surface area contributed by atoms with Gasteiger partial charge in [0.2, 0.25) is 0 Å². The van der Waals surface area contributed by atoms with E-state index in [-0.39, 0.29) is 35.9 Å². The number of hydrogen-bond donors (Lipinski definition) is 1. The van der Waals surface area contributed by atoms with Crippen molar-refractivity contribution in [1.82, 2.24) is 9.80 Å². The Hall–Kier alpha value is -3.44. The fourth-order valence-corrected chi connectivity index (χ4v) is 5.06. The second-order valence-electron chi connectivity index (χ2n) is 14.2. The van der Waals surface area contributed by atoms with Crippen LogP contribution >= 0.6 is 15.9 Å². The van der Waals surface area contributed by atoms with E-state index in [1.165, 1.54) is 36.4 Å². The van der Waals surface area contributed by atoms with Gasteiger partial charge in [-0.15, -0.1) is 26.3 Å². The summed E-state index contributed by atoms with van der Waals surface area (Å²) < 4.78 is 95.3. The average Bonchev–Trinajstić information content (AvgIpc) is 3.03. The third-order valence-corrected chi connectivity index (χ3v) is 7.81. The Morgan fingerprint density at radius 2 is 1.02 bits per heavy atom. The summed E-state index contributed by atoms with van der Waals surface area (Å²) in [5.74, 6) is -0.455. The summed E-state index contributed by atoms with van der Waals surface area (Å²) in [6, 6.07) is 11.3. The summed E-state index contributed by atoms with van der Waals surface area (Å²) in [7, 11) is 0. The molecular formula is C36H49BrF6N2O8. The Bertz CT molecular complexity index is 1380. The molecule has 53 heavy (non-hydrogen) atoms. The second-order valence-corrected chi connectivity index (χ2v) is 14.8. The van der Waals surface area contributed by atoms with Gasteiger partial charge < -0.3 is 38.6 Å². The summed E-state index contributed by atoms with van der Waals surface area (Å²) in [5, 5.41) is 9.87. The van der Waals surface area contributed by atoms with Gasteiger partial charge in [-0.2, -0.15) is 0 Å². The van der Waals surface area contributed by atoms with E-state index in [2.05, 4.69) is 25.4 Å². The standard InChI is InChI=1S/C18H24F3NO4.C10H19NO3.C8H6BrF3O/c1-17(2,3)26-16(23)22-10-8-14(9-11-22)24-12-13-4-6-15(7-5-13)25-18(19,20)21;1-10(2,3)14-9(13)11-6-4-8(12)5-7-11;9-5-6-1-3-7(4-2-6)13-8(10,11)12/h4-7,14H,8-12H2,1-3H3;8,12H,4-7H2,1-3H3;1-4H,5H2. The molecule has 4 rings (SSSR count). The summed E-state index contributed by atoms with van der Waals surface area (Å²) in [6.07, 6.45) is -7.48. The number of carbonyl (C=O) groups excluding carboxylic acids is 2. The van der Waals surface area contributed by atoms with Gasteiger partial charge in [0, 0.05) is 31.5 Å². The number of aliphatic hydroxyl groups is 1. The van der Waals surface area contributed by atoms with Gasteiger partial charge in [-0.05, 0) is 103 Å². The third kappa shape index (κ3) is 20.6. The van der Waals surface area contributed by atoms with Crippen molar-refractivity contribution in [3.05, 3.63) is 59.7 Å². The molecule has 0 radical (unpaired) electrons. The third-order valence-electron chi connectivity index (χ3n) is 7.16. The first-order valence-corrected chi connectivity index (χ1v) is 18.0. The number of nitrogens with zero attached hydrogens (tertiary/aromatic N) is 2. The maximum absolute atomic E-state index is 12.1. The molecule has 0 atom stereocenters. The minimum absolute atomic E-state index is 0.000196. The quantitative estimate of drug-likeness (QED) is 0.227. The Kier molecular flexibility index (Phi) is 17.5. The van der Waals surface area contributed by atoms with Crippen molar-refractivity contribution in [3.8, 4) is 11.5 Å². The minimum atomic E-state index is -4.69. The van der Waals surface area contributed by atoms with Crippen molar-refractivity contribution >= 4 is 28.1 Å². The van der Waals surface area contributed by atoms with Gasteiger partial charge >= 0.3 is 24.9 Å². The van der Waals surface area contributed by atoms with E-state index >= 15 is 0 Å². The number of likely N-dealkylation sites (tertiary alicyclic amines) is 2. The van der Waals surface area contributed by atoms with Crippen LogP contribution in [0.1, 0.15) is 78.4 Å². The van der Waals surface area contributed by atoms with Gasteiger partial charge in [-0.25, -0.2) is 9.59 Å². The summed E-state index contributed by atoms with van der Waals surface area (Å²) in [6.45, 7) is 13.6. The molecule has 0 saturated carbocycles. The number of carbonyl (C=O) groups is 2. The van der Waals surface area contributed by atoms with E-state index < -0.39 is 23.9 Å². The topological polar surface area (TPSA) is 107 Å². The Labute approximate surface area is 314 Å². The first-order chi connectivity index (χ1) is 24.4. The van der Waals surface area contributed by atoms with Crippen LogP contribution in [-0.4, -0.2) is 89.4 Å². The molecule has 2 fully saturated rings. The Morgan fingerprint density at radius 3 is 1.36 bits per heavy atom. The van der Waals surface area contributed by atoms with Crippen molar-refractivity contribution in [2.24, 2.45) is 0 Å². The number of ether oxygens (including phenoxy) is 5. The molecule has 17 heteroatoms. The highest BCUT2D eigenvalue weighted by Gasteiger charge is 2.32. The molecule has 0 bridgehead atoms. The molecule has 2 aliphatic rings. The van der Waals surface area contributed by atoms with E-state index in [1.807, 2.05) is 41.5 Å². The average molecular weight is 832 g/mol. The molecule has 0 aliphatic carbocycles. The van der Waals surface area contributed by atoms with Crippen molar-refractivity contribution in [2.75, 3.05) is 26.2 Å². The highest BCUT2D eigenvalue weighted by molar-refractivity contribution is 9.08. The van der Waals surface area contributed by atoms with E-state index in [4.69, 9.17) is 14.2 Å². The second kappa shape index (κ2) is 20.3. The zero-order chi connectivity index (χ0) is 40.0. The van der Waals surface area contributed by atoms with Gasteiger partial charge in [0.15, 0.2) is 0 Å². The van der Waals surface area contributed by atoms with E-state index in [0.717, 1.165) is 11.1 Å². The number of rotatable bonds is 6. The van der Waals surface area contributed by atoms with Crippen LogP contribution in [0.2, 0.25) is 0 Å². The van der Waals surface area contributed by atoms with Crippen LogP contribution in [0.3, 0.4) is 0 Å². The largest absolute Gasteiger partial charge is 0.573 e. The van der Waals surface area contributed by atoms with Crippen LogP contribution in [0.15, 0.2) is 48.5 Å². The first-order valence-electron chi connectivity index (χ1n) is 16.9. The number of amides is 2.